The molecule has 4 aromatic rings. The van der Waals surface area contributed by atoms with Gasteiger partial charge in [0.25, 0.3) is 0 Å². The molecule has 1 heterocycles. The van der Waals surface area contributed by atoms with Crippen LogP contribution in [0.2, 0.25) is 0 Å². The van der Waals surface area contributed by atoms with Gasteiger partial charge in [0.2, 0.25) is 0 Å². The minimum absolute atomic E-state index is 0.0872. The number of hydrogen-bond acceptors (Lipinski definition) is 6. The molecule has 5 rings (SSSR count). The highest BCUT2D eigenvalue weighted by Gasteiger charge is 2.52. The summed E-state index contributed by atoms with van der Waals surface area (Å²) < 4.78 is 78.5. The summed E-state index contributed by atoms with van der Waals surface area (Å²) in [5.74, 6) is -2.53. The summed E-state index contributed by atoms with van der Waals surface area (Å²) >= 11 is 3.10. The number of aryl methyl sites for hydroxylation is 4. The van der Waals surface area contributed by atoms with Crippen LogP contribution in [-0.4, -0.2) is 43.5 Å². The Morgan fingerprint density at radius 1 is 0.672 bits per heavy atom. The molecule has 1 aliphatic heterocycles. The van der Waals surface area contributed by atoms with Crippen LogP contribution in [0.1, 0.15) is 113 Å². The first-order valence-electron chi connectivity index (χ1n) is 19.5. The zero-order valence-corrected chi connectivity index (χ0v) is 37.3. The van der Waals surface area contributed by atoms with Crippen LogP contribution in [-0.2, 0) is 28.4 Å². The molecule has 0 aliphatic carbocycles. The van der Waals surface area contributed by atoms with Gasteiger partial charge in [-0.05, 0) is 166 Å². The molecular formula is C46H56BBrF4O6. The lowest BCUT2D eigenvalue weighted by molar-refractivity contribution is -0.144. The van der Waals surface area contributed by atoms with Gasteiger partial charge in [-0.2, -0.15) is 0 Å². The average molecular weight is 872 g/mol. The summed E-state index contributed by atoms with van der Waals surface area (Å²) in [5.41, 5.74) is 4.47. The second kappa shape index (κ2) is 20.8. The molecule has 0 bridgehead atoms. The maximum absolute atomic E-state index is 14.6. The van der Waals surface area contributed by atoms with Crippen molar-refractivity contribution in [3.63, 3.8) is 0 Å². The van der Waals surface area contributed by atoms with Crippen LogP contribution in [0.4, 0.5) is 17.6 Å². The first kappa shape index (κ1) is 48.4. The van der Waals surface area contributed by atoms with Crippen molar-refractivity contribution in [1.82, 2.24) is 0 Å². The van der Waals surface area contributed by atoms with Crippen molar-refractivity contribution in [2.75, 3.05) is 13.2 Å². The molecule has 0 spiro atoms. The topological polar surface area (TPSA) is 71.1 Å². The van der Waals surface area contributed by atoms with Gasteiger partial charge in [-0.1, -0.05) is 50.2 Å². The average Bonchev–Trinajstić information content (AvgIpc) is 3.35. The van der Waals surface area contributed by atoms with Gasteiger partial charge < -0.3 is 18.8 Å². The highest BCUT2D eigenvalue weighted by Crippen LogP contribution is 2.37. The van der Waals surface area contributed by atoms with E-state index >= 15 is 0 Å². The quantitative estimate of drug-likeness (QED) is 0.0898. The van der Waals surface area contributed by atoms with Crippen LogP contribution in [0.5, 0.6) is 0 Å². The lowest BCUT2D eigenvalue weighted by Gasteiger charge is -2.32. The van der Waals surface area contributed by atoms with E-state index in [1.807, 2.05) is 60.6 Å². The number of hydrogen-bond donors (Lipinski definition) is 0. The van der Waals surface area contributed by atoms with Crippen LogP contribution in [0.15, 0.2) is 65.1 Å². The fourth-order valence-electron chi connectivity index (χ4n) is 6.37. The fraction of sp³-hybridized carbons (Fsp3) is 0.435. The van der Waals surface area contributed by atoms with E-state index < -0.39 is 18.3 Å². The normalized spacial score (nSPS) is 15.0. The number of rotatable bonds is 10. The van der Waals surface area contributed by atoms with Crippen LogP contribution in [0.3, 0.4) is 0 Å². The first-order chi connectivity index (χ1) is 27.0. The maximum atomic E-state index is 14.6. The third-order valence-corrected chi connectivity index (χ3v) is 11.4. The molecule has 1 fully saturated rings. The van der Waals surface area contributed by atoms with Crippen LogP contribution >= 0.6 is 15.9 Å². The summed E-state index contributed by atoms with van der Waals surface area (Å²) in [5, 5.41) is 0. The van der Waals surface area contributed by atoms with Crippen molar-refractivity contribution < 1.29 is 45.9 Å². The van der Waals surface area contributed by atoms with E-state index in [1.165, 1.54) is 12.1 Å². The molecule has 0 aromatic heterocycles. The fourth-order valence-corrected chi connectivity index (χ4v) is 6.63. The molecule has 1 aliphatic rings. The third-order valence-electron chi connectivity index (χ3n) is 10.4. The van der Waals surface area contributed by atoms with Crippen molar-refractivity contribution in [3.05, 3.63) is 122 Å². The van der Waals surface area contributed by atoms with Gasteiger partial charge in [0.15, 0.2) is 0 Å². The molecule has 6 nitrogen and oxygen atoms in total. The van der Waals surface area contributed by atoms with Crippen molar-refractivity contribution in [1.29, 1.82) is 0 Å². The third kappa shape index (κ3) is 12.3. The second-order valence-corrected chi connectivity index (χ2v) is 16.4. The molecule has 2 atom stereocenters. The summed E-state index contributed by atoms with van der Waals surface area (Å²) in [4.78, 5) is 23.4. The molecule has 0 amide bonds. The monoisotopic (exact) mass is 870 g/mol. The maximum Gasteiger partial charge on any atom is 0.494 e. The number of carbonyl (C=O) groups is 2. The van der Waals surface area contributed by atoms with Crippen LogP contribution in [0.25, 0.3) is 11.1 Å². The Hall–Kier alpha value is -4.00. The summed E-state index contributed by atoms with van der Waals surface area (Å²) in [7, 11) is -0.558. The van der Waals surface area contributed by atoms with Gasteiger partial charge in [-0.15, -0.1) is 0 Å². The lowest BCUT2D eigenvalue weighted by atomic mass is 9.76. The Bertz CT molecular complexity index is 2010. The second-order valence-electron chi connectivity index (χ2n) is 15.6. The summed E-state index contributed by atoms with van der Waals surface area (Å²) in [6.45, 7) is 22.6. The van der Waals surface area contributed by atoms with Gasteiger partial charge in [0.1, 0.15) is 23.3 Å². The molecule has 12 heteroatoms. The number of benzene rings is 4. The Balaban J connectivity index is 0.000000256. The molecule has 0 unspecified atom stereocenters. The van der Waals surface area contributed by atoms with E-state index in [0.717, 1.165) is 16.6 Å². The van der Waals surface area contributed by atoms with Gasteiger partial charge in [-0.3, -0.25) is 9.59 Å². The minimum Gasteiger partial charge on any atom is -0.466 e. The summed E-state index contributed by atoms with van der Waals surface area (Å²) in [6, 6.07) is 16.6. The smallest absolute Gasteiger partial charge is 0.466 e. The number of halogens is 5. The predicted molar refractivity (Wildman–Crippen MR) is 226 cm³/mol. The van der Waals surface area contributed by atoms with Crippen LogP contribution in [0, 0.1) is 51.0 Å². The van der Waals surface area contributed by atoms with Crippen molar-refractivity contribution >= 4 is 40.4 Å². The SMILES string of the molecule is CCOC(=O)C[C@H](C)c1cc(-c2c(C)cccc2F)cc(C)c1F.CCOC(=O)C[C@H](C)c1cc(B2OC(C)(C)C(C)(C)O2)cc(C)c1F.Cc1cccc(F)c1Br. The first-order valence-corrected chi connectivity index (χ1v) is 20.3. The Morgan fingerprint density at radius 3 is 1.57 bits per heavy atom. The molecule has 0 radical (unpaired) electrons. The standard InChI is InChI=1S/C20H22F2O2.C19H28BFO4.C7H6BrF/c1-5-24-18(23)10-13(3)16-11-15(9-14(4)20(16)22)19-12(2)7-6-8-17(19)21;1-8-23-16(22)10-12(2)15-11-14(9-13(3)17(15)21)20-24-18(4,5)19(6,7)25-20;1-5-3-2-4-6(9)7(5)8/h6-9,11,13H,5,10H2,1-4H3;9,11-12H,8,10H2,1-7H3;2-4H,1H3/t13-;12-;/m00./s1. The Morgan fingerprint density at radius 2 is 1.12 bits per heavy atom. The minimum atomic E-state index is -0.558. The van der Waals surface area contributed by atoms with Crippen molar-refractivity contribution in [2.24, 2.45) is 0 Å². The molecule has 1 saturated heterocycles. The molecule has 4 aromatic carbocycles. The van der Waals surface area contributed by atoms with E-state index in [0.29, 0.717) is 51.1 Å². The van der Waals surface area contributed by atoms with E-state index in [9.17, 15) is 27.2 Å². The highest BCUT2D eigenvalue weighted by molar-refractivity contribution is 9.10. The van der Waals surface area contributed by atoms with Gasteiger partial charge in [0.05, 0.1) is 41.7 Å². The molecule has 0 saturated carbocycles. The van der Waals surface area contributed by atoms with Gasteiger partial charge in [0, 0.05) is 5.56 Å². The number of esters is 2. The van der Waals surface area contributed by atoms with E-state index in [1.54, 1.807) is 71.0 Å². The lowest BCUT2D eigenvalue weighted by Crippen LogP contribution is -2.41. The van der Waals surface area contributed by atoms with Crippen molar-refractivity contribution in [2.45, 2.75) is 119 Å². The van der Waals surface area contributed by atoms with Gasteiger partial charge >= 0.3 is 19.1 Å². The molecule has 58 heavy (non-hydrogen) atoms. The Labute approximate surface area is 350 Å². The van der Waals surface area contributed by atoms with Crippen LogP contribution < -0.4 is 5.46 Å². The molecular weight excluding hydrogens is 815 g/mol. The molecule has 314 valence electrons. The zero-order chi connectivity index (χ0) is 43.7. The van der Waals surface area contributed by atoms with E-state index in [2.05, 4.69) is 15.9 Å². The number of ether oxygens (including phenoxy) is 2. The zero-order valence-electron chi connectivity index (χ0n) is 35.7. The predicted octanol–water partition coefficient (Wildman–Crippen LogP) is 11.7. The summed E-state index contributed by atoms with van der Waals surface area (Å²) in [6.07, 6.45) is 0.223. The largest absolute Gasteiger partial charge is 0.494 e. The Kier molecular flexibility index (Phi) is 17.4. The van der Waals surface area contributed by atoms with E-state index in [4.69, 9.17) is 18.8 Å². The van der Waals surface area contributed by atoms with Gasteiger partial charge in [-0.25, -0.2) is 17.6 Å². The highest BCUT2D eigenvalue weighted by atomic mass is 79.9. The number of carbonyl (C=O) groups excluding carboxylic acids is 2. The van der Waals surface area contributed by atoms with Crippen molar-refractivity contribution in [3.8, 4) is 11.1 Å². The molecule has 0 N–H and O–H groups in total. The van der Waals surface area contributed by atoms with E-state index in [-0.39, 0.29) is 59.9 Å².